The van der Waals surface area contributed by atoms with Gasteiger partial charge in [-0.1, -0.05) is 40.2 Å². The van der Waals surface area contributed by atoms with Gasteiger partial charge in [0.1, 0.15) is 5.82 Å². The molecule has 2 aromatic rings. The second kappa shape index (κ2) is 8.59. The summed E-state index contributed by atoms with van der Waals surface area (Å²) < 4.78 is 18.9. The third-order valence-corrected chi connectivity index (χ3v) is 3.95. The summed E-state index contributed by atoms with van der Waals surface area (Å²) >= 11 is 3.15. The third-order valence-electron chi connectivity index (χ3n) is 3.46. The number of hydrogen-bond acceptors (Lipinski definition) is 3. The van der Waals surface area contributed by atoms with Crippen molar-refractivity contribution in [3.8, 4) is 0 Å². The van der Waals surface area contributed by atoms with Gasteiger partial charge in [0, 0.05) is 11.0 Å². The molecule has 0 aliphatic carbocycles. The van der Waals surface area contributed by atoms with E-state index >= 15 is 0 Å². The standard InChI is InChI=1S/C18H17BrFNO3/c1-12-4-2-3-5-13(12)8-9-21-17(22)11-24-18(23)15-10-14(19)6-7-16(15)20/h2-7,10H,8-9,11H2,1H3,(H,21,22). The van der Waals surface area contributed by atoms with E-state index in [1.165, 1.54) is 12.1 Å². The highest BCUT2D eigenvalue weighted by Gasteiger charge is 2.15. The Hall–Kier alpha value is -2.21. The van der Waals surface area contributed by atoms with Gasteiger partial charge in [0.15, 0.2) is 6.61 Å². The first-order valence-electron chi connectivity index (χ1n) is 7.41. The summed E-state index contributed by atoms with van der Waals surface area (Å²) in [4.78, 5) is 23.5. The quantitative estimate of drug-likeness (QED) is 0.765. The first-order valence-corrected chi connectivity index (χ1v) is 8.20. The van der Waals surface area contributed by atoms with E-state index in [0.29, 0.717) is 17.4 Å². The molecule has 0 aliphatic rings. The van der Waals surface area contributed by atoms with E-state index in [4.69, 9.17) is 4.74 Å². The molecule has 0 aliphatic heterocycles. The molecule has 24 heavy (non-hydrogen) atoms. The molecule has 2 aromatic carbocycles. The van der Waals surface area contributed by atoms with Crippen LogP contribution in [0.5, 0.6) is 0 Å². The lowest BCUT2D eigenvalue weighted by atomic mass is 10.1. The van der Waals surface area contributed by atoms with Crippen molar-refractivity contribution < 1.29 is 18.7 Å². The van der Waals surface area contributed by atoms with Crippen LogP contribution < -0.4 is 5.32 Å². The minimum absolute atomic E-state index is 0.211. The Labute approximate surface area is 148 Å². The smallest absolute Gasteiger partial charge is 0.341 e. The highest BCUT2D eigenvalue weighted by atomic mass is 79.9. The zero-order valence-electron chi connectivity index (χ0n) is 13.1. The number of esters is 1. The zero-order valence-corrected chi connectivity index (χ0v) is 14.7. The van der Waals surface area contributed by atoms with E-state index in [2.05, 4.69) is 21.2 Å². The maximum absolute atomic E-state index is 13.6. The van der Waals surface area contributed by atoms with Crippen molar-refractivity contribution in [2.75, 3.05) is 13.2 Å². The second-order valence-corrected chi connectivity index (χ2v) is 6.14. The molecule has 0 bridgehead atoms. The zero-order chi connectivity index (χ0) is 17.5. The van der Waals surface area contributed by atoms with Crippen molar-refractivity contribution in [2.45, 2.75) is 13.3 Å². The molecule has 4 nitrogen and oxygen atoms in total. The van der Waals surface area contributed by atoms with Crippen LogP contribution in [0.15, 0.2) is 46.9 Å². The molecule has 0 spiro atoms. The van der Waals surface area contributed by atoms with Crippen LogP contribution in [-0.2, 0) is 16.0 Å². The molecular formula is C18H17BrFNO3. The summed E-state index contributed by atoms with van der Waals surface area (Å²) in [6, 6.07) is 11.8. The highest BCUT2D eigenvalue weighted by molar-refractivity contribution is 9.10. The molecule has 0 radical (unpaired) electrons. The fraction of sp³-hybridized carbons (Fsp3) is 0.222. The number of ether oxygens (including phenoxy) is 1. The number of benzene rings is 2. The SMILES string of the molecule is Cc1ccccc1CCNC(=O)COC(=O)c1cc(Br)ccc1F. The average Bonchev–Trinajstić information content (AvgIpc) is 2.56. The molecule has 0 unspecified atom stereocenters. The number of carbonyl (C=O) groups excluding carboxylic acids is 2. The minimum atomic E-state index is -0.872. The molecule has 1 amide bonds. The first kappa shape index (κ1) is 18.1. The van der Waals surface area contributed by atoms with Crippen molar-refractivity contribution in [3.05, 3.63) is 69.4 Å². The largest absolute Gasteiger partial charge is 0.452 e. The fourth-order valence-electron chi connectivity index (χ4n) is 2.14. The summed E-state index contributed by atoms with van der Waals surface area (Å²) in [5, 5.41) is 2.67. The molecule has 0 atom stereocenters. The summed E-state index contributed by atoms with van der Waals surface area (Å²) in [7, 11) is 0. The number of rotatable bonds is 6. The Morgan fingerprint density at radius 2 is 1.96 bits per heavy atom. The van der Waals surface area contributed by atoms with Crippen LogP contribution in [0, 0.1) is 12.7 Å². The first-order chi connectivity index (χ1) is 11.5. The van der Waals surface area contributed by atoms with Gasteiger partial charge in [-0.25, -0.2) is 9.18 Å². The Morgan fingerprint density at radius 3 is 2.71 bits per heavy atom. The highest BCUT2D eigenvalue weighted by Crippen LogP contribution is 2.16. The molecule has 0 heterocycles. The maximum atomic E-state index is 13.6. The molecule has 2 rings (SSSR count). The predicted molar refractivity (Wildman–Crippen MR) is 92.3 cm³/mol. The molecule has 1 N–H and O–H groups in total. The third kappa shape index (κ3) is 5.16. The van der Waals surface area contributed by atoms with Crippen molar-refractivity contribution in [1.82, 2.24) is 5.32 Å². The lowest BCUT2D eigenvalue weighted by Gasteiger charge is -2.08. The Kier molecular flexibility index (Phi) is 6.49. The van der Waals surface area contributed by atoms with Gasteiger partial charge in [-0.2, -0.15) is 0 Å². The summed E-state index contributed by atoms with van der Waals surface area (Å²) in [6.45, 7) is 2.00. The van der Waals surface area contributed by atoms with Gasteiger partial charge >= 0.3 is 5.97 Å². The average molecular weight is 394 g/mol. The Morgan fingerprint density at radius 1 is 1.21 bits per heavy atom. The van der Waals surface area contributed by atoms with Crippen molar-refractivity contribution in [1.29, 1.82) is 0 Å². The van der Waals surface area contributed by atoms with Crippen molar-refractivity contribution in [3.63, 3.8) is 0 Å². The van der Waals surface area contributed by atoms with Crippen LogP contribution in [0.4, 0.5) is 4.39 Å². The maximum Gasteiger partial charge on any atom is 0.341 e. The van der Waals surface area contributed by atoms with Crippen LogP contribution in [0.25, 0.3) is 0 Å². The lowest BCUT2D eigenvalue weighted by molar-refractivity contribution is -0.124. The number of hydrogen-bond donors (Lipinski definition) is 1. The molecule has 0 saturated carbocycles. The van der Waals surface area contributed by atoms with Gasteiger partial charge in [0.2, 0.25) is 0 Å². The monoisotopic (exact) mass is 393 g/mol. The van der Waals surface area contributed by atoms with Gasteiger partial charge < -0.3 is 10.1 Å². The second-order valence-electron chi connectivity index (χ2n) is 5.23. The Bertz CT molecular complexity index is 749. The number of aryl methyl sites for hydroxylation is 1. The number of nitrogens with one attached hydrogen (secondary N) is 1. The summed E-state index contributed by atoms with van der Waals surface area (Å²) in [6.07, 6.45) is 0.687. The van der Waals surface area contributed by atoms with E-state index in [1.807, 2.05) is 31.2 Å². The number of amides is 1. The van der Waals surface area contributed by atoms with E-state index in [1.54, 1.807) is 0 Å². The number of carbonyl (C=O) groups is 2. The number of halogens is 2. The summed E-state index contributed by atoms with van der Waals surface area (Å²) in [5.41, 5.74) is 2.09. The van der Waals surface area contributed by atoms with Gasteiger partial charge in [-0.05, 0) is 42.7 Å². The van der Waals surface area contributed by atoms with Gasteiger partial charge in [-0.15, -0.1) is 0 Å². The van der Waals surface area contributed by atoms with Gasteiger partial charge in [-0.3, -0.25) is 4.79 Å². The van der Waals surface area contributed by atoms with Crippen LogP contribution in [0.2, 0.25) is 0 Å². The van der Waals surface area contributed by atoms with E-state index < -0.39 is 24.3 Å². The van der Waals surface area contributed by atoms with Crippen LogP contribution >= 0.6 is 15.9 Å². The topological polar surface area (TPSA) is 55.4 Å². The van der Waals surface area contributed by atoms with Crippen LogP contribution in [0.1, 0.15) is 21.5 Å². The lowest BCUT2D eigenvalue weighted by Crippen LogP contribution is -2.30. The van der Waals surface area contributed by atoms with Crippen LogP contribution in [-0.4, -0.2) is 25.0 Å². The van der Waals surface area contributed by atoms with E-state index in [9.17, 15) is 14.0 Å². The summed E-state index contributed by atoms with van der Waals surface area (Å²) in [5.74, 6) is -1.99. The van der Waals surface area contributed by atoms with E-state index in [-0.39, 0.29) is 5.56 Å². The molecule has 126 valence electrons. The minimum Gasteiger partial charge on any atom is -0.452 e. The van der Waals surface area contributed by atoms with E-state index in [0.717, 1.165) is 17.2 Å². The predicted octanol–water partition coefficient (Wildman–Crippen LogP) is 3.41. The Balaban J connectivity index is 1.78. The fourth-order valence-corrected chi connectivity index (χ4v) is 2.50. The van der Waals surface area contributed by atoms with Gasteiger partial charge in [0.05, 0.1) is 5.56 Å². The van der Waals surface area contributed by atoms with Crippen molar-refractivity contribution >= 4 is 27.8 Å². The van der Waals surface area contributed by atoms with Crippen LogP contribution in [0.3, 0.4) is 0 Å². The molecular weight excluding hydrogens is 377 g/mol. The molecule has 0 fully saturated rings. The van der Waals surface area contributed by atoms with Crippen molar-refractivity contribution in [2.24, 2.45) is 0 Å². The molecule has 6 heteroatoms. The normalized spacial score (nSPS) is 10.3. The molecule has 0 aromatic heterocycles. The molecule has 0 saturated heterocycles. The van der Waals surface area contributed by atoms with Gasteiger partial charge in [0.25, 0.3) is 5.91 Å².